The van der Waals surface area contributed by atoms with Crippen molar-refractivity contribution < 1.29 is 0 Å². The van der Waals surface area contributed by atoms with E-state index in [4.69, 9.17) is 4.99 Å². The SMILES string of the molecule is CCNC(=NCCc1ccc(-n2cccn2)cc1)NC1CCN(c2cccs2)CC1.I. The van der Waals surface area contributed by atoms with Crippen molar-refractivity contribution in [2.75, 3.05) is 31.1 Å². The minimum Gasteiger partial charge on any atom is -0.363 e. The highest BCUT2D eigenvalue weighted by Crippen LogP contribution is 2.24. The zero-order valence-corrected chi connectivity index (χ0v) is 21.1. The van der Waals surface area contributed by atoms with Crippen molar-refractivity contribution in [3.05, 3.63) is 65.8 Å². The molecular formula is C23H31IN6S. The van der Waals surface area contributed by atoms with E-state index in [0.29, 0.717) is 6.04 Å². The summed E-state index contributed by atoms with van der Waals surface area (Å²) in [7, 11) is 0. The molecule has 31 heavy (non-hydrogen) atoms. The maximum atomic E-state index is 4.81. The molecule has 1 aromatic carbocycles. The Bertz CT molecular complexity index is 900. The highest BCUT2D eigenvalue weighted by Gasteiger charge is 2.20. The Labute approximate surface area is 205 Å². The van der Waals surface area contributed by atoms with Gasteiger partial charge in [-0.1, -0.05) is 12.1 Å². The van der Waals surface area contributed by atoms with Gasteiger partial charge in [-0.15, -0.1) is 35.3 Å². The van der Waals surface area contributed by atoms with Gasteiger partial charge in [0.2, 0.25) is 0 Å². The summed E-state index contributed by atoms with van der Waals surface area (Å²) in [6.07, 6.45) is 6.95. The molecule has 0 radical (unpaired) electrons. The number of anilines is 1. The Kier molecular flexibility index (Phi) is 9.20. The van der Waals surface area contributed by atoms with Crippen LogP contribution < -0.4 is 15.5 Å². The second-order valence-corrected chi connectivity index (χ2v) is 8.41. The first-order valence-corrected chi connectivity index (χ1v) is 11.6. The molecule has 1 aliphatic heterocycles. The number of hydrogen-bond acceptors (Lipinski definition) is 4. The van der Waals surface area contributed by atoms with Crippen molar-refractivity contribution in [2.24, 2.45) is 4.99 Å². The summed E-state index contributed by atoms with van der Waals surface area (Å²) in [4.78, 5) is 7.30. The Morgan fingerprint density at radius 2 is 1.97 bits per heavy atom. The van der Waals surface area contributed by atoms with Crippen molar-refractivity contribution in [3.63, 3.8) is 0 Å². The molecule has 2 aromatic heterocycles. The first-order valence-electron chi connectivity index (χ1n) is 10.7. The first-order chi connectivity index (χ1) is 14.8. The van der Waals surface area contributed by atoms with E-state index in [-0.39, 0.29) is 24.0 Å². The normalized spacial score (nSPS) is 14.9. The minimum absolute atomic E-state index is 0. The number of thiophene rings is 1. The van der Waals surface area contributed by atoms with Crippen LogP contribution in [0.15, 0.2) is 65.2 Å². The van der Waals surface area contributed by atoms with E-state index in [0.717, 1.165) is 57.1 Å². The van der Waals surface area contributed by atoms with E-state index in [1.807, 2.05) is 28.3 Å². The molecular weight excluding hydrogens is 519 g/mol. The fourth-order valence-corrected chi connectivity index (χ4v) is 4.53. The van der Waals surface area contributed by atoms with Gasteiger partial charge in [-0.3, -0.25) is 4.99 Å². The van der Waals surface area contributed by atoms with Crippen molar-refractivity contribution in [1.29, 1.82) is 0 Å². The summed E-state index contributed by atoms with van der Waals surface area (Å²) in [6.45, 7) is 5.95. The van der Waals surface area contributed by atoms with Crippen molar-refractivity contribution in [3.8, 4) is 5.69 Å². The molecule has 1 aliphatic rings. The maximum absolute atomic E-state index is 4.81. The van der Waals surface area contributed by atoms with Crippen molar-refractivity contribution in [2.45, 2.75) is 32.2 Å². The van der Waals surface area contributed by atoms with Gasteiger partial charge in [0.1, 0.15) is 0 Å². The van der Waals surface area contributed by atoms with Gasteiger partial charge >= 0.3 is 0 Å². The molecule has 166 valence electrons. The molecule has 4 rings (SSSR count). The third-order valence-electron chi connectivity index (χ3n) is 5.37. The average Bonchev–Trinajstić information content (AvgIpc) is 3.50. The third kappa shape index (κ3) is 6.70. The van der Waals surface area contributed by atoms with Crippen LogP contribution in [-0.4, -0.2) is 48.0 Å². The Morgan fingerprint density at radius 3 is 2.61 bits per heavy atom. The van der Waals surface area contributed by atoms with Crippen LogP contribution in [0.25, 0.3) is 5.69 Å². The van der Waals surface area contributed by atoms with Crippen LogP contribution in [0.4, 0.5) is 5.00 Å². The lowest BCUT2D eigenvalue weighted by molar-refractivity contribution is 0.463. The smallest absolute Gasteiger partial charge is 0.191 e. The van der Waals surface area contributed by atoms with Gasteiger partial charge in [-0.05, 0) is 67.5 Å². The number of hydrogen-bond donors (Lipinski definition) is 2. The van der Waals surface area contributed by atoms with Crippen LogP contribution in [0.2, 0.25) is 0 Å². The molecule has 1 fully saturated rings. The van der Waals surface area contributed by atoms with Crippen molar-refractivity contribution >= 4 is 46.3 Å². The molecule has 0 spiro atoms. The van der Waals surface area contributed by atoms with E-state index in [2.05, 4.69) is 69.3 Å². The number of aliphatic imine (C=N–C) groups is 1. The van der Waals surface area contributed by atoms with Gasteiger partial charge in [0.05, 0.1) is 10.7 Å². The highest BCUT2D eigenvalue weighted by molar-refractivity contribution is 14.0. The number of rotatable bonds is 7. The molecule has 3 heterocycles. The molecule has 0 unspecified atom stereocenters. The van der Waals surface area contributed by atoms with Crippen LogP contribution in [-0.2, 0) is 6.42 Å². The molecule has 0 atom stereocenters. The van der Waals surface area contributed by atoms with Crippen LogP contribution in [0.5, 0.6) is 0 Å². The molecule has 8 heteroatoms. The maximum Gasteiger partial charge on any atom is 0.191 e. The lowest BCUT2D eigenvalue weighted by Crippen LogP contribution is -2.48. The van der Waals surface area contributed by atoms with E-state index >= 15 is 0 Å². The summed E-state index contributed by atoms with van der Waals surface area (Å²) in [6, 6.07) is 15.3. The zero-order chi connectivity index (χ0) is 20.6. The Morgan fingerprint density at radius 1 is 1.16 bits per heavy atom. The number of nitrogens with one attached hydrogen (secondary N) is 2. The van der Waals surface area contributed by atoms with Gasteiger partial charge in [-0.25, -0.2) is 4.68 Å². The monoisotopic (exact) mass is 550 g/mol. The molecule has 2 N–H and O–H groups in total. The Balaban J connectivity index is 0.00000272. The summed E-state index contributed by atoms with van der Waals surface area (Å²) in [5.41, 5.74) is 2.37. The van der Waals surface area contributed by atoms with Gasteiger partial charge in [0.15, 0.2) is 5.96 Å². The second kappa shape index (κ2) is 12.1. The second-order valence-electron chi connectivity index (χ2n) is 7.48. The van der Waals surface area contributed by atoms with E-state index in [1.165, 1.54) is 10.6 Å². The van der Waals surface area contributed by atoms with Crippen LogP contribution in [0.1, 0.15) is 25.3 Å². The van der Waals surface area contributed by atoms with E-state index < -0.39 is 0 Å². The molecule has 0 aliphatic carbocycles. The predicted molar refractivity (Wildman–Crippen MR) is 141 cm³/mol. The molecule has 3 aromatic rings. The average molecular weight is 551 g/mol. The lowest BCUT2D eigenvalue weighted by Gasteiger charge is -2.33. The van der Waals surface area contributed by atoms with Crippen LogP contribution in [0, 0.1) is 0 Å². The third-order valence-corrected chi connectivity index (χ3v) is 6.30. The van der Waals surface area contributed by atoms with E-state index in [9.17, 15) is 0 Å². The first kappa shape index (κ1) is 23.6. The molecule has 1 saturated heterocycles. The number of piperidine rings is 1. The van der Waals surface area contributed by atoms with Crippen LogP contribution in [0.3, 0.4) is 0 Å². The number of halogens is 1. The van der Waals surface area contributed by atoms with Gasteiger partial charge in [-0.2, -0.15) is 5.10 Å². The fraction of sp³-hybridized carbons (Fsp3) is 0.391. The molecule has 6 nitrogen and oxygen atoms in total. The van der Waals surface area contributed by atoms with Gasteiger partial charge < -0.3 is 15.5 Å². The molecule has 0 bridgehead atoms. The molecule has 0 amide bonds. The number of aromatic nitrogens is 2. The van der Waals surface area contributed by atoms with Gasteiger partial charge in [0, 0.05) is 44.6 Å². The van der Waals surface area contributed by atoms with Crippen molar-refractivity contribution in [1.82, 2.24) is 20.4 Å². The van der Waals surface area contributed by atoms with E-state index in [1.54, 1.807) is 6.20 Å². The molecule has 0 saturated carbocycles. The Hall–Kier alpha value is -2.07. The summed E-state index contributed by atoms with van der Waals surface area (Å²) < 4.78 is 1.87. The zero-order valence-electron chi connectivity index (χ0n) is 17.9. The number of guanidine groups is 1. The van der Waals surface area contributed by atoms with Crippen LogP contribution >= 0.6 is 35.3 Å². The minimum atomic E-state index is 0. The predicted octanol–water partition coefficient (Wildman–Crippen LogP) is 4.32. The summed E-state index contributed by atoms with van der Waals surface area (Å²) in [5, 5.41) is 14.8. The summed E-state index contributed by atoms with van der Waals surface area (Å²) >= 11 is 1.83. The highest BCUT2D eigenvalue weighted by atomic mass is 127. The largest absolute Gasteiger partial charge is 0.363 e. The summed E-state index contributed by atoms with van der Waals surface area (Å²) in [5.74, 6) is 0.931. The lowest BCUT2D eigenvalue weighted by atomic mass is 10.1. The standard InChI is InChI=1S/C23H30N6S.HI/c1-2-24-23(27-20-11-16-28(17-12-20)22-5-3-18-30-22)25-14-10-19-6-8-21(9-7-19)29-15-4-13-26-29;/h3-9,13,15,18,20H,2,10-12,14,16-17H2,1H3,(H2,24,25,27);1H. The quantitative estimate of drug-likeness (QED) is 0.262. The number of benzene rings is 1. The number of nitrogens with zero attached hydrogens (tertiary/aromatic N) is 4. The topological polar surface area (TPSA) is 57.5 Å². The van der Waals surface area contributed by atoms with Gasteiger partial charge in [0.25, 0.3) is 0 Å². The fourth-order valence-electron chi connectivity index (χ4n) is 3.74.